The van der Waals surface area contributed by atoms with Crippen LogP contribution in [-0.4, -0.2) is 28.7 Å². The first-order chi connectivity index (χ1) is 11.5. The van der Waals surface area contributed by atoms with Gasteiger partial charge in [0.1, 0.15) is 5.82 Å². The number of nitrogens with zero attached hydrogens (tertiary/aromatic N) is 1. The molecule has 0 saturated carbocycles. The molecule has 0 atom stereocenters. The fraction of sp³-hybridized carbons (Fsp3) is 0.0625. The van der Waals surface area contributed by atoms with Gasteiger partial charge in [-0.2, -0.15) is 5.10 Å². The molecule has 1 heterocycles. The maximum absolute atomic E-state index is 13.5. The number of amides is 1. The van der Waals surface area contributed by atoms with Crippen LogP contribution >= 0.6 is 11.6 Å². The predicted octanol–water partition coefficient (Wildman–Crippen LogP) is 3.15. The van der Waals surface area contributed by atoms with Crippen molar-refractivity contribution >= 4 is 40.1 Å². The van der Waals surface area contributed by atoms with E-state index in [-0.39, 0.29) is 16.4 Å². The molecule has 2 aromatic carbocycles. The summed E-state index contributed by atoms with van der Waals surface area (Å²) in [5, 5.41) is 9.71. The van der Waals surface area contributed by atoms with Crippen LogP contribution < -0.4 is 5.32 Å². The molecule has 0 radical (unpaired) electrons. The molecule has 1 aromatic heterocycles. The number of aromatic amines is 1. The van der Waals surface area contributed by atoms with Gasteiger partial charge in [-0.25, -0.2) is 9.18 Å². The minimum absolute atomic E-state index is 0.0762. The first-order valence-corrected chi connectivity index (χ1v) is 7.27. The van der Waals surface area contributed by atoms with Gasteiger partial charge >= 0.3 is 5.97 Å². The number of halogens is 2. The Kier molecular flexibility index (Phi) is 4.43. The highest BCUT2D eigenvalue weighted by atomic mass is 35.5. The summed E-state index contributed by atoms with van der Waals surface area (Å²) in [4.78, 5) is 23.8. The summed E-state index contributed by atoms with van der Waals surface area (Å²) in [6, 6.07) is 10.8. The second kappa shape index (κ2) is 6.67. The first-order valence-electron chi connectivity index (χ1n) is 6.90. The summed E-state index contributed by atoms with van der Waals surface area (Å²) in [7, 11) is 0. The number of benzene rings is 2. The molecule has 2 N–H and O–H groups in total. The number of nitrogens with one attached hydrogen (secondary N) is 2. The molecular formula is C16H11ClFN3O3. The number of rotatable bonds is 4. The van der Waals surface area contributed by atoms with E-state index in [0.717, 1.165) is 6.07 Å². The van der Waals surface area contributed by atoms with Crippen molar-refractivity contribution in [3.63, 3.8) is 0 Å². The average molecular weight is 348 g/mol. The highest BCUT2D eigenvalue weighted by Gasteiger charge is 2.17. The van der Waals surface area contributed by atoms with E-state index >= 15 is 0 Å². The molecule has 0 aliphatic carbocycles. The summed E-state index contributed by atoms with van der Waals surface area (Å²) in [5.74, 6) is -2.09. The van der Waals surface area contributed by atoms with E-state index in [9.17, 15) is 14.0 Å². The Balaban J connectivity index is 1.64. The number of esters is 1. The van der Waals surface area contributed by atoms with Gasteiger partial charge in [0.25, 0.3) is 5.91 Å². The van der Waals surface area contributed by atoms with Crippen LogP contribution in [0.15, 0.2) is 42.5 Å². The zero-order valence-corrected chi connectivity index (χ0v) is 12.9. The van der Waals surface area contributed by atoms with E-state index in [1.165, 1.54) is 12.1 Å². The second-order valence-corrected chi connectivity index (χ2v) is 5.30. The van der Waals surface area contributed by atoms with Crippen molar-refractivity contribution in [1.82, 2.24) is 10.2 Å². The van der Waals surface area contributed by atoms with Crippen LogP contribution in [0.1, 0.15) is 10.5 Å². The van der Waals surface area contributed by atoms with Gasteiger partial charge in [0.15, 0.2) is 12.3 Å². The number of para-hydroxylation sites is 1. The van der Waals surface area contributed by atoms with E-state index < -0.39 is 24.3 Å². The van der Waals surface area contributed by atoms with Crippen LogP contribution in [0.25, 0.3) is 10.9 Å². The highest BCUT2D eigenvalue weighted by Crippen LogP contribution is 2.19. The number of anilines is 1. The molecule has 0 fully saturated rings. The molecule has 0 bridgehead atoms. The molecule has 0 saturated heterocycles. The zero-order chi connectivity index (χ0) is 17.1. The van der Waals surface area contributed by atoms with Crippen molar-refractivity contribution in [3.05, 3.63) is 59.0 Å². The van der Waals surface area contributed by atoms with Crippen LogP contribution in [0.4, 0.5) is 10.1 Å². The third kappa shape index (κ3) is 3.36. The standard InChI is InChI=1S/C16H11ClFN3O3/c17-9-5-6-11(18)13(7-9)19-14(22)8-24-16(23)15-10-3-1-2-4-12(10)20-21-15/h1-7H,8H2,(H,19,22)(H,20,21). The highest BCUT2D eigenvalue weighted by molar-refractivity contribution is 6.30. The minimum atomic E-state index is -0.755. The lowest BCUT2D eigenvalue weighted by Crippen LogP contribution is -2.21. The van der Waals surface area contributed by atoms with Crippen molar-refractivity contribution in [1.29, 1.82) is 0 Å². The average Bonchev–Trinajstić information content (AvgIpc) is 3.00. The van der Waals surface area contributed by atoms with Gasteiger partial charge in [-0.1, -0.05) is 29.8 Å². The molecule has 24 heavy (non-hydrogen) atoms. The number of H-pyrrole nitrogens is 1. The predicted molar refractivity (Wildman–Crippen MR) is 86.4 cm³/mol. The number of aromatic nitrogens is 2. The monoisotopic (exact) mass is 347 g/mol. The lowest BCUT2D eigenvalue weighted by molar-refractivity contribution is -0.119. The molecule has 1 amide bonds. The lowest BCUT2D eigenvalue weighted by atomic mass is 10.2. The van der Waals surface area contributed by atoms with Crippen LogP contribution in [0.3, 0.4) is 0 Å². The van der Waals surface area contributed by atoms with E-state index in [2.05, 4.69) is 15.5 Å². The van der Waals surface area contributed by atoms with E-state index in [1.807, 2.05) is 0 Å². The van der Waals surface area contributed by atoms with Crippen LogP contribution in [0.2, 0.25) is 5.02 Å². The van der Waals surface area contributed by atoms with Crippen molar-refractivity contribution in [2.45, 2.75) is 0 Å². The third-order valence-corrected chi connectivity index (χ3v) is 3.44. The number of hydrogen-bond donors (Lipinski definition) is 2. The van der Waals surface area contributed by atoms with Crippen LogP contribution in [0.5, 0.6) is 0 Å². The molecule has 0 aliphatic rings. The fourth-order valence-electron chi connectivity index (χ4n) is 2.10. The smallest absolute Gasteiger partial charge is 0.359 e. The Bertz CT molecular complexity index is 926. The van der Waals surface area contributed by atoms with Crippen LogP contribution in [-0.2, 0) is 9.53 Å². The van der Waals surface area contributed by atoms with E-state index in [0.29, 0.717) is 10.9 Å². The van der Waals surface area contributed by atoms with Gasteiger partial charge in [0.2, 0.25) is 0 Å². The maximum atomic E-state index is 13.5. The van der Waals surface area contributed by atoms with E-state index in [1.54, 1.807) is 24.3 Å². The number of fused-ring (bicyclic) bond motifs is 1. The summed E-state index contributed by atoms with van der Waals surface area (Å²) < 4.78 is 18.4. The Hall–Kier alpha value is -2.93. The molecular weight excluding hydrogens is 337 g/mol. The van der Waals surface area contributed by atoms with Gasteiger partial charge in [-0.3, -0.25) is 9.89 Å². The Labute approximate surface area is 140 Å². The fourth-order valence-corrected chi connectivity index (χ4v) is 2.27. The van der Waals surface area contributed by atoms with Crippen molar-refractivity contribution in [2.24, 2.45) is 0 Å². The zero-order valence-electron chi connectivity index (χ0n) is 12.2. The summed E-state index contributed by atoms with van der Waals surface area (Å²) in [6.45, 7) is -0.577. The molecule has 0 spiro atoms. The van der Waals surface area contributed by atoms with Crippen molar-refractivity contribution in [3.8, 4) is 0 Å². The topological polar surface area (TPSA) is 84.1 Å². The van der Waals surface area contributed by atoms with E-state index in [4.69, 9.17) is 16.3 Å². The molecule has 8 heteroatoms. The summed E-state index contributed by atoms with van der Waals surface area (Å²) in [6.07, 6.45) is 0. The van der Waals surface area contributed by atoms with Gasteiger partial charge in [-0.15, -0.1) is 0 Å². The Morgan fingerprint density at radius 3 is 2.88 bits per heavy atom. The first kappa shape index (κ1) is 15.9. The summed E-state index contributed by atoms with van der Waals surface area (Å²) >= 11 is 5.74. The molecule has 0 aliphatic heterocycles. The molecule has 3 aromatic rings. The SMILES string of the molecule is O=C(COC(=O)c1n[nH]c2ccccc12)Nc1cc(Cl)ccc1F. The third-order valence-electron chi connectivity index (χ3n) is 3.20. The molecule has 0 unspecified atom stereocenters. The molecule has 3 rings (SSSR count). The van der Waals surface area contributed by atoms with Gasteiger partial charge < -0.3 is 10.1 Å². The number of carbonyl (C=O) groups excluding carboxylic acids is 2. The normalized spacial score (nSPS) is 10.6. The second-order valence-electron chi connectivity index (χ2n) is 4.87. The molecule has 6 nitrogen and oxygen atoms in total. The largest absolute Gasteiger partial charge is 0.451 e. The van der Waals surface area contributed by atoms with Gasteiger partial charge in [0.05, 0.1) is 11.2 Å². The number of carbonyl (C=O) groups is 2. The Morgan fingerprint density at radius 1 is 1.25 bits per heavy atom. The quantitative estimate of drug-likeness (QED) is 0.710. The number of hydrogen-bond acceptors (Lipinski definition) is 4. The Morgan fingerprint density at radius 2 is 2.04 bits per heavy atom. The van der Waals surface area contributed by atoms with Crippen molar-refractivity contribution in [2.75, 3.05) is 11.9 Å². The molecule has 122 valence electrons. The van der Waals surface area contributed by atoms with Crippen molar-refractivity contribution < 1.29 is 18.7 Å². The minimum Gasteiger partial charge on any atom is -0.451 e. The van der Waals surface area contributed by atoms with Crippen LogP contribution in [0, 0.1) is 5.82 Å². The number of ether oxygens (including phenoxy) is 1. The lowest BCUT2D eigenvalue weighted by Gasteiger charge is -2.07. The summed E-state index contributed by atoms with van der Waals surface area (Å²) in [5.41, 5.74) is 0.663. The van der Waals surface area contributed by atoms with Gasteiger partial charge in [-0.05, 0) is 24.3 Å². The maximum Gasteiger partial charge on any atom is 0.359 e. The van der Waals surface area contributed by atoms with Gasteiger partial charge in [0, 0.05) is 10.4 Å².